The van der Waals surface area contributed by atoms with Crippen molar-refractivity contribution < 1.29 is 0 Å². The molecule has 0 amide bonds. The van der Waals surface area contributed by atoms with Crippen LogP contribution in [0.5, 0.6) is 0 Å². The first-order chi connectivity index (χ1) is 7.83. The van der Waals surface area contributed by atoms with Gasteiger partial charge in [-0.15, -0.1) is 0 Å². The smallest absolute Gasteiger partial charge is 0.00965 e. The Kier molecular flexibility index (Phi) is 4.66. The van der Waals surface area contributed by atoms with Gasteiger partial charge >= 0.3 is 0 Å². The van der Waals surface area contributed by atoms with Gasteiger partial charge in [-0.1, -0.05) is 6.92 Å². The first-order valence-corrected chi connectivity index (χ1v) is 7.24. The van der Waals surface area contributed by atoms with Gasteiger partial charge < -0.3 is 10.2 Å². The van der Waals surface area contributed by atoms with Crippen LogP contribution in [0, 0.1) is 5.92 Å². The van der Waals surface area contributed by atoms with Crippen LogP contribution in [0.25, 0.3) is 0 Å². The Bertz CT molecular complexity index is 193. The quantitative estimate of drug-likeness (QED) is 0.746. The second-order valence-electron chi connectivity index (χ2n) is 5.73. The first kappa shape index (κ1) is 12.4. The second-order valence-corrected chi connectivity index (χ2v) is 5.73. The molecule has 2 heteroatoms. The molecule has 0 aromatic carbocycles. The summed E-state index contributed by atoms with van der Waals surface area (Å²) in [5.74, 6) is 1.05. The second kappa shape index (κ2) is 6.02. The molecule has 0 aromatic rings. The zero-order valence-electron chi connectivity index (χ0n) is 11.0. The lowest BCUT2D eigenvalue weighted by molar-refractivity contribution is 0.139. The van der Waals surface area contributed by atoms with Crippen molar-refractivity contribution in [1.82, 2.24) is 10.2 Å². The zero-order chi connectivity index (χ0) is 11.4. The van der Waals surface area contributed by atoms with E-state index in [0.717, 1.165) is 18.0 Å². The predicted molar refractivity (Wildman–Crippen MR) is 69.7 cm³/mol. The molecule has 94 valence electrons. The zero-order valence-corrected chi connectivity index (χ0v) is 11.0. The molecule has 2 rings (SSSR count). The van der Waals surface area contributed by atoms with Gasteiger partial charge in [-0.25, -0.2) is 0 Å². The van der Waals surface area contributed by atoms with E-state index in [1.165, 1.54) is 58.0 Å². The van der Waals surface area contributed by atoms with E-state index in [-0.39, 0.29) is 0 Å². The van der Waals surface area contributed by atoms with E-state index >= 15 is 0 Å². The summed E-state index contributed by atoms with van der Waals surface area (Å²) in [6.07, 6.45) is 9.89. The highest BCUT2D eigenvalue weighted by Crippen LogP contribution is 2.32. The average molecular weight is 224 g/mol. The van der Waals surface area contributed by atoms with Crippen molar-refractivity contribution in [3.05, 3.63) is 0 Å². The molecule has 0 spiro atoms. The normalized spacial score (nSPS) is 30.9. The third-order valence-corrected chi connectivity index (χ3v) is 4.32. The van der Waals surface area contributed by atoms with Crippen LogP contribution < -0.4 is 5.32 Å². The van der Waals surface area contributed by atoms with Gasteiger partial charge in [0, 0.05) is 18.6 Å². The van der Waals surface area contributed by atoms with Gasteiger partial charge in [0.05, 0.1) is 0 Å². The molecule has 0 saturated heterocycles. The van der Waals surface area contributed by atoms with Crippen molar-refractivity contribution in [3.63, 3.8) is 0 Å². The molecular weight excluding hydrogens is 196 g/mol. The van der Waals surface area contributed by atoms with Crippen LogP contribution in [0.15, 0.2) is 0 Å². The Morgan fingerprint density at radius 1 is 1.06 bits per heavy atom. The Morgan fingerprint density at radius 3 is 2.25 bits per heavy atom. The van der Waals surface area contributed by atoms with Crippen molar-refractivity contribution in [2.24, 2.45) is 5.92 Å². The van der Waals surface area contributed by atoms with E-state index < -0.39 is 0 Å². The lowest BCUT2D eigenvalue weighted by Crippen LogP contribution is -2.42. The summed E-state index contributed by atoms with van der Waals surface area (Å²) < 4.78 is 0. The summed E-state index contributed by atoms with van der Waals surface area (Å²) in [5.41, 5.74) is 0. The molecule has 0 aliphatic heterocycles. The molecule has 0 bridgehead atoms. The highest BCUT2D eigenvalue weighted by Gasteiger charge is 2.29. The molecule has 0 heterocycles. The fourth-order valence-electron chi connectivity index (χ4n) is 3.07. The van der Waals surface area contributed by atoms with Gasteiger partial charge in [0.15, 0.2) is 0 Å². The predicted octanol–water partition coefficient (Wildman–Crippen LogP) is 2.64. The van der Waals surface area contributed by atoms with Gasteiger partial charge in [-0.3, -0.25) is 0 Å². The molecule has 1 N–H and O–H groups in total. The molecule has 2 saturated carbocycles. The summed E-state index contributed by atoms with van der Waals surface area (Å²) in [5, 5.41) is 3.43. The minimum absolute atomic E-state index is 0.792. The molecular formula is C14H28N2. The Hall–Kier alpha value is -0.0800. The third-order valence-electron chi connectivity index (χ3n) is 4.32. The topological polar surface area (TPSA) is 15.3 Å². The summed E-state index contributed by atoms with van der Waals surface area (Å²) >= 11 is 0. The van der Waals surface area contributed by atoms with Crippen molar-refractivity contribution >= 4 is 0 Å². The molecule has 0 unspecified atom stereocenters. The number of nitrogens with one attached hydrogen (secondary N) is 1. The van der Waals surface area contributed by atoms with E-state index in [1.807, 2.05) is 0 Å². The minimum Gasteiger partial charge on any atom is -0.317 e. The lowest BCUT2D eigenvalue weighted by Gasteiger charge is -2.37. The summed E-state index contributed by atoms with van der Waals surface area (Å²) in [6, 6.07) is 1.69. The largest absolute Gasteiger partial charge is 0.317 e. The van der Waals surface area contributed by atoms with E-state index in [0.29, 0.717) is 0 Å². The number of hydrogen-bond donors (Lipinski definition) is 1. The van der Waals surface area contributed by atoms with Gasteiger partial charge in [0.2, 0.25) is 0 Å². The van der Waals surface area contributed by atoms with E-state index in [4.69, 9.17) is 0 Å². The highest BCUT2D eigenvalue weighted by molar-refractivity contribution is 4.85. The van der Waals surface area contributed by atoms with Crippen LogP contribution in [0.3, 0.4) is 0 Å². The van der Waals surface area contributed by atoms with Gasteiger partial charge in [-0.05, 0) is 64.5 Å². The van der Waals surface area contributed by atoms with Crippen LogP contribution in [0.2, 0.25) is 0 Å². The Balaban J connectivity index is 1.78. The Morgan fingerprint density at radius 2 is 1.75 bits per heavy atom. The average Bonchev–Trinajstić information content (AvgIpc) is 3.13. The van der Waals surface area contributed by atoms with E-state index in [1.54, 1.807) is 0 Å². The lowest BCUT2D eigenvalue weighted by atomic mass is 9.90. The SMILES string of the molecule is CCCN(CC1CC1)C1CCC(NC)CC1. The van der Waals surface area contributed by atoms with Crippen LogP contribution in [-0.2, 0) is 0 Å². The maximum Gasteiger partial charge on any atom is 0.00965 e. The van der Waals surface area contributed by atoms with Crippen molar-refractivity contribution in [3.8, 4) is 0 Å². The van der Waals surface area contributed by atoms with Crippen LogP contribution in [0.4, 0.5) is 0 Å². The molecule has 2 aliphatic rings. The fourth-order valence-corrected chi connectivity index (χ4v) is 3.07. The van der Waals surface area contributed by atoms with Gasteiger partial charge in [-0.2, -0.15) is 0 Å². The summed E-state index contributed by atoms with van der Waals surface area (Å²) in [7, 11) is 2.11. The Labute approximate surface area is 101 Å². The minimum atomic E-state index is 0.792. The van der Waals surface area contributed by atoms with Crippen molar-refractivity contribution in [2.45, 2.75) is 64.0 Å². The fraction of sp³-hybridized carbons (Fsp3) is 1.00. The first-order valence-electron chi connectivity index (χ1n) is 7.24. The molecule has 0 radical (unpaired) electrons. The van der Waals surface area contributed by atoms with Crippen molar-refractivity contribution in [2.75, 3.05) is 20.1 Å². The summed E-state index contributed by atoms with van der Waals surface area (Å²) in [6.45, 7) is 5.03. The van der Waals surface area contributed by atoms with E-state index in [9.17, 15) is 0 Å². The van der Waals surface area contributed by atoms with Crippen molar-refractivity contribution in [1.29, 1.82) is 0 Å². The van der Waals surface area contributed by atoms with E-state index in [2.05, 4.69) is 24.2 Å². The monoisotopic (exact) mass is 224 g/mol. The standard InChI is InChI=1S/C14H28N2/c1-3-10-16(11-12-4-5-12)14-8-6-13(15-2)7-9-14/h12-15H,3-11H2,1-2H3. The molecule has 2 fully saturated rings. The number of hydrogen-bond acceptors (Lipinski definition) is 2. The number of nitrogens with zero attached hydrogens (tertiary/aromatic N) is 1. The van der Waals surface area contributed by atoms with Gasteiger partial charge in [0.1, 0.15) is 0 Å². The third kappa shape index (κ3) is 3.46. The van der Waals surface area contributed by atoms with Crippen LogP contribution in [-0.4, -0.2) is 37.1 Å². The van der Waals surface area contributed by atoms with Gasteiger partial charge in [0.25, 0.3) is 0 Å². The maximum atomic E-state index is 3.43. The molecule has 0 atom stereocenters. The molecule has 0 aromatic heterocycles. The maximum absolute atomic E-state index is 3.43. The number of rotatable bonds is 6. The highest BCUT2D eigenvalue weighted by atomic mass is 15.2. The summed E-state index contributed by atoms with van der Waals surface area (Å²) in [4.78, 5) is 2.80. The molecule has 16 heavy (non-hydrogen) atoms. The van der Waals surface area contributed by atoms with Crippen LogP contribution >= 0.6 is 0 Å². The molecule has 2 nitrogen and oxygen atoms in total. The van der Waals surface area contributed by atoms with Crippen LogP contribution in [0.1, 0.15) is 51.9 Å². The molecule has 2 aliphatic carbocycles.